The van der Waals surface area contributed by atoms with E-state index in [0.29, 0.717) is 0 Å². The summed E-state index contributed by atoms with van der Waals surface area (Å²) in [6.07, 6.45) is 2.89. The van der Waals surface area contributed by atoms with Crippen LogP contribution in [0.15, 0.2) is 0 Å². The van der Waals surface area contributed by atoms with Gasteiger partial charge >= 0.3 is 0 Å². The molecule has 1 amide bonds. The SMILES string of the molecule is CC(C#N)C(=O)NC1CCC(O)CC1. The molecular formula is C10H16N2O2. The first-order chi connectivity index (χ1) is 6.63. The Balaban J connectivity index is 2.32. The Bertz CT molecular complexity index is 239. The molecule has 0 saturated heterocycles. The minimum atomic E-state index is -0.582. The zero-order valence-corrected chi connectivity index (χ0v) is 8.36. The number of nitriles is 1. The quantitative estimate of drug-likeness (QED) is 0.678. The molecule has 0 aromatic rings. The first-order valence-electron chi connectivity index (χ1n) is 5.01. The van der Waals surface area contributed by atoms with Gasteiger partial charge in [-0.25, -0.2) is 0 Å². The summed E-state index contributed by atoms with van der Waals surface area (Å²) in [5.41, 5.74) is 0. The molecule has 0 spiro atoms. The Hall–Kier alpha value is -1.08. The minimum absolute atomic E-state index is 0.140. The van der Waals surface area contributed by atoms with Gasteiger partial charge in [-0.1, -0.05) is 0 Å². The van der Waals surface area contributed by atoms with Gasteiger partial charge in [-0.2, -0.15) is 5.26 Å². The van der Waals surface area contributed by atoms with Crippen LogP contribution in [0.4, 0.5) is 0 Å². The fourth-order valence-corrected chi connectivity index (χ4v) is 1.60. The number of hydrogen-bond acceptors (Lipinski definition) is 3. The van der Waals surface area contributed by atoms with Gasteiger partial charge in [-0.15, -0.1) is 0 Å². The first kappa shape index (κ1) is 11.0. The number of aliphatic hydroxyl groups is 1. The Morgan fingerprint density at radius 3 is 2.57 bits per heavy atom. The van der Waals surface area contributed by atoms with Gasteiger partial charge in [0.25, 0.3) is 0 Å². The van der Waals surface area contributed by atoms with Crippen molar-refractivity contribution in [1.82, 2.24) is 5.32 Å². The molecule has 1 unspecified atom stereocenters. The van der Waals surface area contributed by atoms with E-state index in [4.69, 9.17) is 5.26 Å². The van der Waals surface area contributed by atoms with Crippen LogP contribution in [0.1, 0.15) is 32.6 Å². The Morgan fingerprint density at radius 1 is 1.50 bits per heavy atom. The van der Waals surface area contributed by atoms with Gasteiger partial charge in [0.15, 0.2) is 0 Å². The molecule has 0 bridgehead atoms. The Kier molecular flexibility index (Phi) is 3.90. The monoisotopic (exact) mass is 196 g/mol. The standard InChI is InChI=1S/C10H16N2O2/c1-7(6-11)10(14)12-8-2-4-9(13)5-3-8/h7-9,13H,2-5H2,1H3,(H,12,14). The lowest BCUT2D eigenvalue weighted by atomic mass is 9.93. The van der Waals surface area contributed by atoms with E-state index in [1.54, 1.807) is 6.92 Å². The molecule has 1 aliphatic rings. The molecule has 0 aromatic heterocycles. The van der Waals surface area contributed by atoms with Crippen LogP contribution in [-0.4, -0.2) is 23.2 Å². The average Bonchev–Trinajstić information content (AvgIpc) is 2.20. The minimum Gasteiger partial charge on any atom is -0.393 e. The number of amides is 1. The molecule has 2 N–H and O–H groups in total. The fraction of sp³-hybridized carbons (Fsp3) is 0.800. The third kappa shape index (κ3) is 3.00. The van der Waals surface area contributed by atoms with Crippen molar-refractivity contribution in [3.63, 3.8) is 0 Å². The van der Waals surface area contributed by atoms with Crippen LogP contribution in [0.25, 0.3) is 0 Å². The van der Waals surface area contributed by atoms with Crippen molar-refractivity contribution in [2.45, 2.75) is 44.8 Å². The van der Waals surface area contributed by atoms with E-state index in [2.05, 4.69) is 5.32 Å². The van der Waals surface area contributed by atoms with Crippen LogP contribution in [0.2, 0.25) is 0 Å². The molecule has 78 valence electrons. The summed E-state index contributed by atoms with van der Waals surface area (Å²) in [6, 6.07) is 2.04. The maximum atomic E-state index is 11.3. The van der Waals surface area contributed by atoms with Gasteiger partial charge in [0.05, 0.1) is 12.2 Å². The van der Waals surface area contributed by atoms with E-state index in [9.17, 15) is 9.90 Å². The number of aliphatic hydroxyl groups excluding tert-OH is 1. The van der Waals surface area contributed by atoms with Crippen LogP contribution in [0, 0.1) is 17.2 Å². The number of carbonyl (C=O) groups excluding carboxylic acids is 1. The van der Waals surface area contributed by atoms with Crippen molar-refractivity contribution in [3.8, 4) is 6.07 Å². The number of nitrogens with one attached hydrogen (secondary N) is 1. The lowest BCUT2D eigenvalue weighted by Crippen LogP contribution is -2.40. The highest BCUT2D eigenvalue weighted by molar-refractivity contribution is 5.80. The molecule has 1 rings (SSSR count). The van der Waals surface area contributed by atoms with E-state index in [1.807, 2.05) is 6.07 Å². The number of hydrogen-bond donors (Lipinski definition) is 2. The van der Waals surface area contributed by atoms with Gasteiger partial charge in [0.2, 0.25) is 5.91 Å². The summed E-state index contributed by atoms with van der Waals surface area (Å²) in [5.74, 6) is -0.782. The zero-order chi connectivity index (χ0) is 10.6. The van der Waals surface area contributed by atoms with Gasteiger partial charge in [-0.05, 0) is 32.6 Å². The second-order valence-corrected chi connectivity index (χ2v) is 3.86. The fourth-order valence-electron chi connectivity index (χ4n) is 1.60. The Labute approximate surface area is 83.9 Å². The van der Waals surface area contributed by atoms with E-state index >= 15 is 0 Å². The third-order valence-electron chi connectivity index (χ3n) is 2.63. The molecule has 14 heavy (non-hydrogen) atoms. The van der Waals surface area contributed by atoms with E-state index in [1.165, 1.54) is 0 Å². The molecule has 1 aliphatic carbocycles. The van der Waals surface area contributed by atoms with Gasteiger partial charge in [-0.3, -0.25) is 4.79 Å². The predicted octanol–water partition coefficient (Wildman–Crippen LogP) is 0.566. The second kappa shape index (κ2) is 4.97. The first-order valence-corrected chi connectivity index (χ1v) is 5.01. The van der Waals surface area contributed by atoms with Crippen LogP contribution in [0.5, 0.6) is 0 Å². The number of rotatable bonds is 2. The van der Waals surface area contributed by atoms with Crippen LogP contribution in [0.3, 0.4) is 0 Å². The highest BCUT2D eigenvalue weighted by atomic mass is 16.3. The largest absolute Gasteiger partial charge is 0.393 e. The molecule has 4 heteroatoms. The van der Waals surface area contributed by atoms with Crippen LogP contribution < -0.4 is 5.32 Å². The normalized spacial score (nSPS) is 28.9. The van der Waals surface area contributed by atoms with Gasteiger partial charge in [0.1, 0.15) is 5.92 Å². The predicted molar refractivity (Wildman–Crippen MR) is 51.2 cm³/mol. The summed E-state index contributed by atoms with van der Waals surface area (Å²) >= 11 is 0. The summed E-state index contributed by atoms with van der Waals surface area (Å²) < 4.78 is 0. The van der Waals surface area contributed by atoms with Crippen molar-refractivity contribution < 1.29 is 9.90 Å². The zero-order valence-electron chi connectivity index (χ0n) is 8.36. The summed E-state index contributed by atoms with van der Waals surface area (Å²) in [5, 5.41) is 20.6. The van der Waals surface area contributed by atoms with Crippen molar-refractivity contribution in [1.29, 1.82) is 5.26 Å². The van der Waals surface area contributed by atoms with E-state index in [0.717, 1.165) is 25.7 Å². The highest BCUT2D eigenvalue weighted by Crippen LogP contribution is 2.18. The highest BCUT2D eigenvalue weighted by Gasteiger charge is 2.22. The molecule has 0 aliphatic heterocycles. The van der Waals surface area contributed by atoms with Crippen molar-refractivity contribution in [2.75, 3.05) is 0 Å². The van der Waals surface area contributed by atoms with Gasteiger partial charge < -0.3 is 10.4 Å². The smallest absolute Gasteiger partial charge is 0.237 e. The third-order valence-corrected chi connectivity index (χ3v) is 2.63. The second-order valence-electron chi connectivity index (χ2n) is 3.86. The molecule has 1 saturated carbocycles. The molecule has 0 radical (unpaired) electrons. The van der Waals surface area contributed by atoms with E-state index in [-0.39, 0.29) is 18.1 Å². The average molecular weight is 196 g/mol. The maximum Gasteiger partial charge on any atom is 0.237 e. The lowest BCUT2D eigenvalue weighted by Gasteiger charge is -2.26. The molecule has 1 fully saturated rings. The van der Waals surface area contributed by atoms with Crippen LogP contribution in [-0.2, 0) is 4.79 Å². The van der Waals surface area contributed by atoms with Crippen molar-refractivity contribution in [2.24, 2.45) is 5.92 Å². The molecule has 0 heterocycles. The topological polar surface area (TPSA) is 73.1 Å². The molecule has 1 atom stereocenters. The Morgan fingerprint density at radius 2 is 2.07 bits per heavy atom. The lowest BCUT2D eigenvalue weighted by molar-refractivity contribution is -0.124. The van der Waals surface area contributed by atoms with Crippen LogP contribution >= 0.6 is 0 Å². The molecular weight excluding hydrogens is 180 g/mol. The number of nitrogens with zero attached hydrogens (tertiary/aromatic N) is 1. The maximum absolute atomic E-state index is 11.3. The summed E-state index contributed by atoms with van der Waals surface area (Å²) in [6.45, 7) is 1.59. The van der Waals surface area contributed by atoms with Gasteiger partial charge in [0, 0.05) is 6.04 Å². The molecule has 4 nitrogen and oxygen atoms in total. The molecule has 0 aromatic carbocycles. The number of carbonyl (C=O) groups is 1. The van der Waals surface area contributed by atoms with E-state index < -0.39 is 5.92 Å². The summed E-state index contributed by atoms with van der Waals surface area (Å²) in [7, 11) is 0. The van der Waals surface area contributed by atoms with Crippen molar-refractivity contribution in [3.05, 3.63) is 0 Å². The van der Waals surface area contributed by atoms with Crippen molar-refractivity contribution >= 4 is 5.91 Å². The summed E-state index contributed by atoms with van der Waals surface area (Å²) in [4.78, 5) is 11.3.